The lowest BCUT2D eigenvalue weighted by molar-refractivity contribution is 0.310. The maximum absolute atomic E-state index is 7.20. The predicted molar refractivity (Wildman–Crippen MR) is 195 cm³/mol. The van der Waals surface area contributed by atoms with Crippen molar-refractivity contribution in [3.8, 4) is 11.5 Å². The third-order valence-electron chi connectivity index (χ3n) is 6.58. The highest BCUT2D eigenvalue weighted by molar-refractivity contribution is 7.09. The second kappa shape index (κ2) is 15.2. The summed E-state index contributed by atoms with van der Waals surface area (Å²) in [6.07, 6.45) is 0. The molecule has 230 valence electrons. The first-order valence-corrected chi connectivity index (χ1v) is 19.8. The average Bonchev–Trinajstić information content (AvgIpc) is 3.08. The molecule has 0 aliphatic rings. The lowest BCUT2D eigenvalue weighted by Gasteiger charge is -2.35. The van der Waals surface area contributed by atoms with E-state index in [0.717, 1.165) is 15.6 Å². The van der Waals surface area contributed by atoms with E-state index in [-0.39, 0.29) is 61.7 Å². The average molecular weight is 833 g/mol. The lowest BCUT2D eigenvalue weighted by atomic mass is 10.3. The van der Waals surface area contributed by atoms with E-state index < -0.39 is 23.5 Å². The summed E-state index contributed by atoms with van der Waals surface area (Å²) >= 11 is 60.9. The molecule has 0 N–H and O–H groups in total. The fourth-order valence-electron chi connectivity index (χ4n) is 4.51. The van der Waals surface area contributed by atoms with Crippen LogP contribution >= 0.6 is 116 Å². The SMILES string of the molecule is Clc1c(Cl)c(Cl)c([O][Al]([O]c2c(Cl)c(Cl)c(Cl)c(Cl)c2Cl)[O][Si](c2ccccc2)(c2ccccc2)c2ccccc2)c(Cl)c1Cl. The van der Waals surface area contributed by atoms with Gasteiger partial charge in [-0.15, -0.1) is 0 Å². The first-order chi connectivity index (χ1) is 21.5. The van der Waals surface area contributed by atoms with Gasteiger partial charge in [0.25, 0.3) is 8.32 Å². The van der Waals surface area contributed by atoms with E-state index >= 15 is 0 Å². The molecule has 0 fully saturated rings. The molecule has 0 atom stereocenters. The molecule has 0 saturated heterocycles. The van der Waals surface area contributed by atoms with Crippen molar-refractivity contribution >= 4 is 155 Å². The molecule has 0 aliphatic heterocycles. The van der Waals surface area contributed by atoms with Crippen LogP contribution in [0.4, 0.5) is 0 Å². The highest BCUT2D eigenvalue weighted by Gasteiger charge is 2.54. The van der Waals surface area contributed by atoms with Crippen LogP contribution in [0.1, 0.15) is 0 Å². The second-order valence-electron chi connectivity index (χ2n) is 9.22. The number of benzene rings is 5. The standard InChI is InChI=1S/C18H15OSi.2C6HCl5O.Al/c19-20(16-10-4-1-5-11-16,17-12-6-2-7-13-17)18-14-8-3-9-15-18;2*7-1-2(8)4(10)6(12)5(11)3(1)9;/h1-15H;2*12H;/q-1;;;+3/p-2. The van der Waals surface area contributed by atoms with Crippen molar-refractivity contribution in [2.24, 2.45) is 0 Å². The first kappa shape index (κ1) is 35.6. The first-order valence-electron chi connectivity index (χ1n) is 12.7. The van der Waals surface area contributed by atoms with Crippen LogP contribution in [-0.4, -0.2) is 23.5 Å². The van der Waals surface area contributed by atoms with Gasteiger partial charge in [0, 0.05) is 0 Å². The fraction of sp³-hybridized carbons (Fsp3) is 0. The van der Waals surface area contributed by atoms with Gasteiger partial charge in [-0.3, -0.25) is 0 Å². The summed E-state index contributed by atoms with van der Waals surface area (Å²) in [6, 6.07) is 29.1. The van der Waals surface area contributed by atoms with Crippen molar-refractivity contribution in [1.29, 1.82) is 0 Å². The number of hydrogen-bond donors (Lipinski definition) is 0. The third kappa shape index (κ3) is 7.06. The fourth-order valence-corrected chi connectivity index (χ4v) is 14.3. The van der Waals surface area contributed by atoms with Crippen LogP contribution in [0.25, 0.3) is 0 Å². The van der Waals surface area contributed by atoms with E-state index in [1.54, 1.807) is 0 Å². The normalized spacial score (nSPS) is 11.4. The van der Waals surface area contributed by atoms with Crippen LogP contribution in [0.5, 0.6) is 11.5 Å². The van der Waals surface area contributed by atoms with Crippen molar-refractivity contribution in [2.75, 3.05) is 0 Å². The van der Waals surface area contributed by atoms with E-state index in [1.807, 2.05) is 91.0 Å². The molecule has 0 radical (unpaired) electrons. The molecular formula is C30H15AlCl10O3Si. The molecule has 0 spiro atoms. The molecule has 0 bridgehead atoms. The van der Waals surface area contributed by atoms with E-state index in [9.17, 15) is 0 Å². The zero-order valence-electron chi connectivity index (χ0n) is 22.2. The summed E-state index contributed by atoms with van der Waals surface area (Å²) in [5.41, 5.74) is 0. The highest BCUT2D eigenvalue weighted by Crippen LogP contribution is 2.50. The second-order valence-corrected chi connectivity index (χ2v) is 18.1. The zero-order valence-corrected chi connectivity index (χ0v) is 32.0. The minimum atomic E-state index is -3.64. The summed E-state index contributed by atoms with van der Waals surface area (Å²) in [4.78, 5) is 0. The van der Waals surface area contributed by atoms with E-state index in [0.29, 0.717) is 0 Å². The lowest BCUT2D eigenvalue weighted by Crippen LogP contribution is -2.72. The Morgan fingerprint density at radius 1 is 0.356 bits per heavy atom. The minimum Gasteiger partial charge on any atom is -0.586 e. The Hall–Kier alpha value is -0.691. The van der Waals surface area contributed by atoms with Crippen LogP contribution < -0.4 is 23.1 Å². The summed E-state index contributed by atoms with van der Waals surface area (Å²) in [5.74, 6) is -0.241. The van der Waals surface area contributed by atoms with Gasteiger partial charge < -0.3 is 11.1 Å². The van der Waals surface area contributed by atoms with E-state index in [1.165, 1.54) is 0 Å². The maximum atomic E-state index is 7.20. The Kier molecular flexibility index (Phi) is 12.1. The smallest absolute Gasteiger partial charge is 0.586 e. The Morgan fingerprint density at radius 2 is 0.600 bits per heavy atom. The van der Waals surface area contributed by atoms with Crippen LogP contribution in [0.3, 0.4) is 0 Å². The maximum Gasteiger partial charge on any atom is 1.09 e. The third-order valence-corrected chi connectivity index (χ3v) is 17.5. The van der Waals surface area contributed by atoms with Gasteiger partial charge in [0.05, 0.1) is 30.1 Å². The molecule has 0 amide bonds. The molecule has 0 saturated carbocycles. The zero-order chi connectivity index (χ0) is 32.5. The molecule has 15 heteroatoms. The van der Waals surface area contributed by atoms with Gasteiger partial charge in [-0.2, -0.15) is 0 Å². The topological polar surface area (TPSA) is 27.7 Å². The molecule has 5 aromatic rings. The van der Waals surface area contributed by atoms with Crippen LogP contribution in [0, 0.1) is 0 Å². The molecule has 0 heterocycles. The number of rotatable bonds is 9. The minimum absolute atomic E-state index is 0.0512. The Morgan fingerprint density at radius 3 is 0.867 bits per heavy atom. The number of hydrogen-bond acceptors (Lipinski definition) is 3. The Bertz CT molecular complexity index is 1620. The van der Waals surface area contributed by atoms with E-state index in [4.69, 9.17) is 127 Å². The summed E-state index contributed by atoms with van der Waals surface area (Å²) in [5, 5.41) is 1.74. The molecule has 3 nitrogen and oxygen atoms in total. The van der Waals surface area contributed by atoms with Gasteiger partial charge in [-0.1, -0.05) is 207 Å². The van der Waals surface area contributed by atoms with Crippen LogP contribution in [0.2, 0.25) is 50.2 Å². The number of halogens is 10. The monoisotopic (exact) mass is 828 g/mol. The molecule has 5 rings (SSSR count). The molecule has 5 aromatic carbocycles. The summed E-state index contributed by atoms with van der Waals surface area (Å²) < 4.78 is 20.1. The summed E-state index contributed by atoms with van der Waals surface area (Å²) in [7, 11) is -3.49. The molecule has 45 heavy (non-hydrogen) atoms. The van der Waals surface area contributed by atoms with Gasteiger partial charge in [0.1, 0.15) is 31.6 Å². The quantitative estimate of drug-likeness (QED) is 0.0641. The molecule has 0 aliphatic carbocycles. The Balaban J connectivity index is 1.78. The van der Waals surface area contributed by atoms with Crippen LogP contribution in [-0.2, 0) is 3.48 Å². The van der Waals surface area contributed by atoms with Crippen LogP contribution in [0.15, 0.2) is 91.0 Å². The molecule has 0 unspecified atom stereocenters. The summed E-state index contributed by atoms with van der Waals surface area (Å²) in [6.45, 7) is 0. The molecule has 0 aromatic heterocycles. The van der Waals surface area contributed by atoms with Crippen molar-refractivity contribution in [3.63, 3.8) is 0 Å². The van der Waals surface area contributed by atoms with Crippen molar-refractivity contribution < 1.29 is 11.1 Å². The predicted octanol–water partition coefficient (Wildman–Crippen LogP) is 11.3. The van der Waals surface area contributed by atoms with Gasteiger partial charge in [0.15, 0.2) is 0 Å². The van der Waals surface area contributed by atoms with Crippen molar-refractivity contribution in [3.05, 3.63) is 141 Å². The van der Waals surface area contributed by atoms with Gasteiger partial charge in [-0.25, -0.2) is 0 Å². The highest BCUT2D eigenvalue weighted by atomic mass is 35.5. The van der Waals surface area contributed by atoms with Gasteiger partial charge in [-0.05, 0) is 15.6 Å². The van der Waals surface area contributed by atoms with E-state index in [2.05, 4.69) is 0 Å². The molecular weight excluding hydrogens is 818 g/mol. The van der Waals surface area contributed by atoms with Crippen molar-refractivity contribution in [2.45, 2.75) is 0 Å². The van der Waals surface area contributed by atoms with Gasteiger partial charge in [0.2, 0.25) is 0 Å². The largest absolute Gasteiger partial charge is 1.09 e. The van der Waals surface area contributed by atoms with Gasteiger partial charge >= 0.3 is 15.1 Å². The Labute approximate surface area is 315 Å². The van der Waals surface area contributed by atoms with Crippen molar-refractivity contribution in [1.82, 2.24) is 0 Å².